The van der Waals surface area contributed by atoms with Crippen molar-refractivity contribution in [3.05, 3.63) is 78.5 Å². The summed E-state index contributed by atoms with van der Waals surface area (Å²) in [6.45, 7) is 1.56. The van der Waals surface area contributed by atoms with E-state index >= 15 is 0 Å². The third-order valence-electron chi connectivity index (χ3n) is 6.10. The van der Waals surface area contributed by atoms with E-state index in [2.05, 4.69) is 25.2 Å². The molecular formula is C26H24FN5O2. The SMILES string of the molecule is COc1ccc2c(N3CCC(NC(=O)c4ccc(-c5cccc(F)c5)nc4)CC3)ncnc2c1. The van der Waals surface area contributed by atoms with Crippen molar-refractivity contribution < 1.29 is 13.9 Å². The number of ether oxygens (including phenoxy) is 1. The average molecular weight is 458 g/mol. The van der Waals surface area contributed by atoms with Gasteiger partial charge in [-0.05, 0) is 49.2 Å². The van der Waals surface area contributed by atoms with E-state index in [-0.39, 0.29) is 17.8 Å². The second-order valence-electron chi connectivity index (χ2n) is 8.26. The van der Waals surface area contributed by atoms with Crippen LogP contribution in [0.15, 0.2) is 67.1 Å². The normalized spacial score (nSPS) is 14.2. The molecule has 1 fully saturated rings. The van der Waals surface area contributed by atoms with E-state index in [1.165, 1.54) is 18.3 Å². The lowest BCUT2D eigenvalue weighted by Gasteiger charge is -2.33. The van der Waals surface area contributed by atoms with Crippen molar-refractivity contribution in [2.24, 2.45) is 0 Å². The molecule has 0 unspecified atom stereocenters. The van der Waals surface area contributed by atoms with Crippen molar-refractivity contribution in [3.8, 4) is 17.0 Å². The lowest BCUT2D eigenvalue weighted by Crippen LogP contribution is -2.45. The van der Waals surface area contributed by atoms with Gasteiger partial charge in [-0.1, -0.05) is 12.1 Å². The third kappa shape index (κ3) is 4.52. The van der Waals surface area contributed by atoms with Crippen molar-refractivity contribution in [3.63, 3.8) is 0 Å². The largest absolute Gasteiger partial charge is 0.497 e. The molecule has 0 saturated carbocycles. The maximum absolute atomic E-state index is 13.5. The second kappa shape index (κ2) is 9.43. The van der Waals surface area contributed by atoms with Crippen molar-refractivity contribution in [2.75, 3.05) is 25.1 Å². The number of hydrogen-bond acceptors (Lipinski definition) is 6. The molecule has 34 heavy (non-hydrogen) atoms. The van der Waals surface area contributed by atoms with Gasteiger partial charge in [0.05, 0.1) is 23.9 Å². The van der Waals surface area contributed by atoms with Crippen LogP contribution in [0.3, 0.4) is 0 Å². The minimum Gasteiger partial charge on any atom is -0.497 e. The maximum Gasteiger partial charge on any atom is 0.253 e. The number of amides is 1. The van der Waals surface area contributed by atoms with Crippen LogP contribution in [0.1, 0.15) is 23.2 Å². The Labute approximate surface area is 196 Å². The van der Waals surface area contributed by atoms with Crippen LogP contribution in [0.25, 0.3) is 22.2 Å². The zero-order chi connectivity index (χ0) is 23.5. The molecule has 1 N–H and O–H groups in total. The van der Waals surface area contributed by atoms with Crippen LogP contribution in [-0.4, -0.2) is 47.1 Å². The molecule has 4 aromatic rings. The molecule has 1 saturated heterocycles. The molecule has 7 nitrogen and oxygen atoms in total. The highest BCUT2D eigenvalue weighted by Gasteiger charge is 2.23. The van der Waals surface area contributed by atoms with Crippen molar-refractivity contribution in [2.45, 2.75) is 18.9 Å². The van der Waals surface area contributed by atoms with Crippen LogP contribution in [0, 0.1) is 5.82 Å². The molecule has 0 spiro atoms. The summed E-state index contributed by atoms with van der Waals surface area (Å²) in [5.74, 6) is 1.19. The number of fused-ring (bicyclic) bond motifs is 1. The molecule has 0 aliphatic carbocycles. The fourth-order valence-electron chi connectivity index (χ4n) is 4.25. The predicted octanol–water partition coefficient (Wildman–Crippen LogP) is 4.24. The molecule has 5 rings (SSSR count). The van der Waals surface area contributed by atoms with Crippen molar-refractivity contribution in [1.29, 1.82) is 0 Å². The van der Waals surface area contributed by atoms with Crippen LogP contribution in [-0.2, 0) is 0 Å². The Morgan fingerprint density at radius 3 is 2.65 bits per heavy atom. The molecule has 1 aliphatic rings. The van der Waals surface area contributed by atoms with Gasteiger partial charge in [0.2, 0.25) is 0 Å². The lowest BCUT2D eigenvalue weighted by molar-refractivity contribution is 0.0930. The average Bonchev–Trinajstić information content (AvgIpc) is 2.88. The number of carbonyl (C=O) groups excluding carboxylic acids is 1. The Morgan fingerprint density at radius 1 is 1.06 bits per heavy atom. The van der Waals surface area contributed by atoms with Gasteiger partial charge in [-0.3, -0.25) is 9.78 Å². The quantitative estimate of drug-likeness (QED) is 0.483. The number of piperidine rings is 1. The zero-order valence-corrected chi connectivity index (χ0v) is 18.7. The van der Waals surface area contributed by atoms with Gasteiger partial charge in [-0.15, -0.1) is 0 Å². The number of pyridine rings is 1. The van der Waals surface area contributed by atoms with Gasteiger partial charge in [-0.2, -0.15) is 0 Å². The molecule has 1 aliphatic heterocycles. The summed E-state index contributed by atoms with van der Waals surface area (Å²) in [7, 11) is 1.64. The topological polar surface area (TPSA) is 80.2 Å². The Bertz CT molecular complexity index is 1320. The Morgan fingerprint density at radius 2 is 1.91 bits per heavy atom. The van der Waals surface area contributed by atoms with E-state index in [1.807, 2.05) is 18.2 Å². The summed E-state index contributed by atoms with van der Waals surface area (Å²) >= 11 is 0. The van der Waals surface area contributed by atoms with E-state index < -0.39 is 0 Å². The summed E-state index contributed by atoms with van der Waals surface area (Å²) in [6.07, 6.45) is 4.72. The summed E-state index contributed by atoms with van der Waals surface area (Å²) < 4.78 is 18.8. The van der Waals surface area contributed by atoms with Gasteiger partial charge in [0, 0.05) is 42.3 Å². The number of nitrogens with zero attached hydrogens (tertiary/aromatic N) is 4. The highest BCUT2D eigenvalue weighted by Crippen LogP contribution is 2.28. The highest BCUT2D eigenvalue weighted by molar-refractivity contribution is 5.94. The van der Waals surface area contributed by atoms with Crippen molar-refractivity contribution in [1.82, 2.24) is 20.3 Å². The highest BCUT2D eigenvalue weighted by atomic mass is 19.1. The van der Waals surface area contributed by atoms with Crippen LogP contribution in [0.4, 0.5) is 10.2 Å². The van der Waals surface area contributed by atoms with Crippen LogP contribution >= 0.6 is 0 Å². The van der Waals surface area contributed by atoms with E-state index in [9.17, 15) is 9.18 Å². The van der Waals surface area contributed by atoms with Crippen LogP contribution < -0.4 is 15.0 Å². The van der Waals surface area contributed by atoms with E-state index in [0.29, 0.717) is 16.8 Å². The minimum atomic E-state index is -0.317. The molecule has 2 aromatic carbocycles. The van der Waals surface area contributed by atoms with Crippen LogP contribution in [0.2, 0.25) is 0 Å². The standard InChI is InChI=1S/C26H24FN5O2/c1-34-21-6-7-22-24(14-21)29-16-30-25(22)32-11-9-20(10-12-32)31-26(33)18-5-8-23(28-15-18)17-3-2-4-19(27)13-17/h2-8,13-16,20H,9-12H2,1H3,(H,31,33). The fraction of sp³-hybridized carbons (Fsp3) is 0.231. The third-order valence-corrected chi connectivity index (χ3v) is 6.10. The minimum absolute atomic E-state index is 0.0693. The molecule has 8 heteroatoms. The van der Waals surface area contributed by atoms with E-state index in [4.69, 9.17) is 4.74 Å². The lowest BCUT2D eigenvalue weighted by atomic mass is 10.0. The van der Waals surface area contributed by atoms with E-state index in [0.717, 1.165) is 48.4 Å². The number of halogens is 1. The fourth-order valence-corrected chi connectivity index (χ4v) is 4.25. The van der Waals surface area contributed by atoms with Gasteiger partial charge in [0.15, 0.2) is 0 Å². The van der Waals surface area contributed by atoms with E-state index in [1.54, 1.807) is 37.7 Å². The monoisotopic (exact) mass is 457 g/mol. The maximum atomic E-state index is 13.5. The first-order chi connectivity index (χ1) is 16.6. The number of benzene rings is 2. The number of aromatic nitrogens is 3. The van der Waals surface area contributed by atoms with Crippen LogP contribution in [0.5, 0.6) is 5.75 Å². The first kappa shape index (κ1) is 21.8. The Balaban J connectivity index is 1.21. The summed E-state index contributed by atoms with van der Waals surface area (Å²) in [4.78, 5) is 28.2. The van der Waals surface area contributed by atoms with Gasteiger partial charge < -0.3 is 15.0 Å². The molecule has 0 atom stereocenters. The Kier molecular flexibility index (Phi) is 6.03. The summed E-state index contributed by atoms with van der Waals surface area (Å²) in [5.41, 5.74) is 2.63. The summed E-state index contributed by atoms with van der Waals surface area (Å²) in [6, 6.07) is 15.6. The molecule has 3 heterocycles. The second-order valence-corrected chi connectivity index (χ2v) is 8.26. The number of hydrogen-bond donors (Lipinski definition) is 1. The number of carbonyl (C=O) groups is 1. The number of rotatable bonds is 5. The molecule has 2 aromatic heterocycles. The van der Waals surface area contributed by atoms with Gasteiger partial charge in [0.1, 0.15) is 23.7 Å². The molecule has 0 radical (unpaired) electrons. The van der Waals surface area contributed by atoms with Gasteiger partial charge in [-0.25, -0.2) is 14.4 Å². The first-order valence-corrected chi connectivity index (χ1v) is 11.2. The molecule has 0 bridgehead atoms. The molecular weight excluding hydrogens is 433 g/mol. The summed E-state index contributed by atoms with van der Waals surface area (Å²) in [5, 5.41) is 4.09. The predicted molar refractivity (Wildman–Crippen MR) is 128 cm³/mol. The zero-order valence-electron chi connectivity index (χ0n) is 18.7. The number of anilines is 1. The van der Waals surface area contributed by atoms with Gasteiger partial charge >= 0.3 is 0 Å². The smallest absolute Gasteiger partial charge is 0.253 e. The molecule has 1 amide bonds. The number of nitrogens with one attached hydrogen (secondary N) is 1. The first-order valence-electron chi connectivity index (χ1n) is 11.2. The Hall–Kier alpha value is -4.07. The molecule has 172 valence electrons. The van der Waals surface area contributed by atoms with Crippen molar-refractivity contribution >= 4 is 22.6 Å². The van der Waals surface area contributed by atoms with Gasteiger partial charge in [0.25, 0.3) is 5.91 Å². The number of methoxy groups -OCH3 is 1.